The average Bonchev–Trinajstić information content (AvgIpc) is 2.36. The predicted octanol–water partition coefficient (Wildman–Crippen LogP) is 4.27. The van der Waals surface area contributed by atoms with E-state index < -0.39 is 15.0 Å². The van der Waals surface area contributed by atoms with Gasteiger partial charge >= 0.3 is 5.97 Å². The van der Waals surface area contributed by atoms with Crippen LogP contribution in [-0.4, -0.2) is 21.0 Å². The van der Waals surface area contributed by atoms with Gasteiger partial charge in [0.1, 0.15) is 0 Å². The summed E-state index contributed by atoms with van der Waals surface area (Å²) in [5.41, 5.74) is -0.116. The molecule has 0 fully saturated rings. The van der Waals surface area contributed by atoms with Crippen molar-refractivity contribution in [2.24, 2.45) is 0 Å². The van der Waals surface area contributed by atoms with Crippen molar-refractivity contribution in [1.29, 1.82) is 0 Å². The third-order valence-corrected chi connectivity index (χ3v) is 4.62. The molecule has 0 aliphatic heterocycles. The van der Waals surface area contributed by atoms with Crippen LogP contribution in [0, 0.1) is 0 Å². The lowest BCUT2D eigenvalue weighted by Gasteiger charge is -2.08. The molecule has 0 saturated carbocycles. The second kappa shape index (κ2) is 7.50. The van der Waals surface area contributed by atoms with E-state index in [0.29, 0.717) is 0 Å². The maximum Gasteiger partial charge on any atom is 0.339 e. The van der Waals surface area contributed by atoms with Gasteiger partial charge in [0.05, 0.1) is 27.1 Å². The van der Waals surface area contributed by atoms with Crippen LogP contribution >= 0.6 is 33.9 Å². The molecule has 1 aromatic rings. The van der Waals surface area contributed by atoms with Gasteiger partial charge in [0, 0.05) is 10.7 Å². The summed E-state index contributed by atoms with van der Waals surface area (Å²) in [4.78, 5) is 11.6. The van der Waals surface area contributed by atoms with Crippen molar-refractivity contribution in [3.05, 3.63) is 27.7 Å². The van der Waals surface area contributed by atoms with E-state index in [1.807, 2.05) is 6.92 Å². The number of carbonyl (C=O) groups is 1. The molecule has 0 aliphatic rings. The van der Waals surface area contributed by atoms with E-state index in [4.69, 9.17) is 38.6 Å². The van der Waals surface area contributed by atoms with Crippen LogP contribution in [0.25, 0.3) is 0 Å². The molecule has 4 nitrogen and oxygen atoms in total. The zero-order valence-corrected chi connectivity index (χ0v) is 13.7. The molecule has 20 heavy (non-hydrogen) atoms. The summed E-state index contributed by atoms with van der Waals surface area (Å²) < 4.78 is 27.6. The average molecular weight is 360 g/mol. The Morgan fingerprint density at radius 1 is 1.25 bits per heavy atom. The molecule has 0 radical (unpaired) electrons. The van der Waals surface area contributed by atoms with E-state index in [1.165, 1.54) is 0 Å². The predicted molar refractivity (Wildman–Crippen MR) is 79.3 cm³/mol. The minimum Gasteiger partial charge on any atom is -0.462 e. The molecule has 1 rings (SSSR count). The third kappa shape index (κ3) is 4.81. The number of hydrogen-bond acceptors (Lipinski definition) is 4. The highest BCUT2D eigenvalue weighted by molar-refractivity contribution is 8.13. The van der Waals surface area contributed by atoms with Gasteiger partial charge in [-0.05, 0) is 18.6 Å². The van der Waals surface area contributed by atoms with Crippen LogP contribution in [0.15, 0.2) is 17.0 Å². The van der Waals surface area contributed by atoms with Crippen molar-refractivity contribution in [2.45, 2.75) is 31.1 Å². The Labute approximate surface area is 132 Å². The van der Waals surface area contributed by atoms with Crippen LogP contribution in [-0.2, 0) is 13.8 Å². The Balaban J connectivity index is 2.99. The number of benzene rings is 1. The summed E-state index contributed by atoms with van der Waals surface area (Å²) in [6, 6.07) is 2.14. The number of carbonyl (C=O) groups excluding carboxylic acids is 1. The smallest absolute Gasteiger partial charge is 0.339 e. The second-order valence-corrected chi connectivity index (χ2v) is 7.40. The molecule has 0 saturated heterocycles. The maximum atomic E-state index is 11.9. The van der Waals surface area contributed by atoms with Crippen LogP contribution in [0.3, 0.4) is 0 Å². The van der Waals surface area contributed by atoms with Gasteiger partial charge < -0.3 is 4.74 Å². The topological polar surface area (TPSA) is 60.4 Å². The van der Waals surface area contributed by atoms with E-state index in [-0.39, 0.29) is 27.1 Å². The Hall–Kier alpha value is -0.490. The maximum absolute atomic E-state index is 11.9. The molecular formula is C12H13Cl3O4S. The van der Waals surface area contributed by atoms with Crippen molar-refractivity contribution in [2.75, 3.05) is 6.61 Å². The lowest BCUT2D eigenvalue weighted by molar-refractivity contribution is 0.0498. The highest BCUT2D eigenvalue weighted by Gasteiger charge is 2.20. The monoisotopic (exact) mass is 358 g/mol. The number of rotatable bonds is 6. The molecule has 0 amide bonds. The minimum absolute atomic E-state index is 0.0591. The first kappa shape index (κ1) is 17.6. The normalized spacial score (nSPS) is 11.4. The van der Waals surface area contributed by atoms with Crippen LogP contribution in [0.2, 0.25) is 10.0 Å². The zero-order valence-electron chi connectivity index (χ0n) is 10.7. The highest BCUT2D eigenvalue weighted by Crippen LogP contribution is 2.31. The van der Waals surface area contributed by atoms with Gasteiger partial charge in [-0.2, -0.15) is 0 Å². The standard InChI is InChI=1S/C12H13Cl3O4S/c1-2-3-4-5-19-12(16)9-6-8(20(15,17)18)7-10(13)11(9)14/h6-7H,2-5H2,1H3. The summed E-state index contributed by atoms with van der Waals surface area (Å²) in [5, 5.41) is -0.134. The van der Waals surface area contributed by atoms with E-state index in [1.54, 1.807) is 0 Å². The first-order chi connectivity index (χ1) is 9.27. The van der Waals surface area contributed by atoms with Gasteiger partial charge in [-0.15, -0.1) is 0 Å². The van der Waals surface area contributed by atoms with Gasteiger partial charge in [0.2, 0.25) is 0 Å². The minimum atomic E-state index is -4.01. The fraction of sp³-hybridized carbons (Fsp3) is 0.417. The molecular weight excluding hydrogens is 347 g/mol. The van der Waals surface area contributed by atoms with Crippen molar-refractivity contribution in [3.8, 4) is 0 Å². The molecule has 0 heterocycles. The van der Waals surface area contributed by atoms with Gasteiger partial charge in [-0.3, -0.25) is 0 Å². The summed E-state index contributed by atoms with van der Waals surface area (Å²) in [6.45, 7) is 2.26. The molecule has 0 N–H and O–H groups in total. The highest BCUT2D eigenvalue weighted by atomic mass is 35.7. The third-order valence-electron chi connectivity index (χ3n) is 2.48. The fourth-order valence-electron chi connectivity index (χ4n) is 1.45. The Kier molecular flexibility index (Phi) is 6.58. The second-order valence-electron chi connectivity index (χ2n) is 4.05. The van der Waals surface area contributed by atoms with Gasteiger partial charge in [0.25, 0.3) is 9.05 Å². The number of halogens is 3. The quantitative estimate of drug-likeness (QED) is 0.432. The molecule has 0 unspecified atom stereocenters. The molecule has 1 aromatic carbocycles. The van der Waals surface area contributed by atoms with Gasteiger partial charge in [0.15, 0.2) is 0 Å². The van der Waals surface area contributed by atoms with E-state index >= 15 is 0 Å². The van der Waals surface area contributed by atoms with Crippen LogP contribution < -0.4 is 0 Å². The van der Waals surface area contributed by atoms with Crippen molar-refractivity contribution in [3.63, 3.8) is 0 Å². The first-order valence-corrected chi connectivity index (χ1v) is 8.94. The van der Waals surface area contributed by atoms with Crippen LogP contribution in [0.5, 0.6) is 0 Å². The molecule has 0 spiro atoms. The fourth-order valence-corrected chi connectivity index (χ4v) is 2.70. The largest absolute Gasteiger partial charge is 0.462 e. The summed E-state index contributed by atoms with van der Waals surface area (Å²) in [5.74, 6) is -0.727. The summed E-state index contributed by atoms with van der Waals surface area (Å²) >= 11 is 11.7. The van der Waals surface area contributed by atoms with E-state index in [0.717, 1.165) is 31.4 Å². The molecule has 8 heteroatoms. The zero-order chi connectivity index (χ0) is 15.3. The van der Waals surface area contributed by atoms with Crippen molar-refractivity contribution in [1.82, 2.24) is 0 Å². The molecule has 0 aromatic heterocycles. The molecule has 0 bridgehead atoms. The lowest BCUT2D eigenvalue weighted by Crippen LogP contribution is -2.08. The van der Waals surface area contributed by atoms with Gasteiger partial charge in [-0.1, -0.05) is 43.0 Å². The number of ether oxygens (including phenoxy) is 1. The molecule has 0 atom stereocenters. The summed E-state index contributed by atoms with van der Waals surface area (Å²) in [7, 11) is 1.22. The Bertz CT molecular complexity index is 599. The van der Waals surface area contributed by atoms with Crippen LogP contribution in [0.1, 0.15) is 36.5 Å². The van der Waals surface area contributed by atoms with Gasteiger partial charge in [-0.25, -0.2) is 13.2 Å². The molecule has 0 aliphatic carbocycles. The summed E-state index contributed by atoms with van der Waals surface area (Å²) in [6.07, 6.45) is 2.64. The van der Waals surface area contributed by atoms with E-state index in [9.17, 15) is 13.2 Å². The Morgan fingerprint density at radius 3 is 2.45 bits per heavy atom. The number of hydrogen-bond donors (Lipinski definition) is 0. The van der Waals surface area contributed by atoms with Crippen molar-refractivity contribution < 1.29 is 17.9 Å². The Morgan fingerprint density at radius 2 is 1.90 bits per heavy atom. The number of unbranched alkanes of at least 4 members (excludes halogenated alkanes) is 2. The first-order valence-electron chi connectivity index (χ1n) is 5.88. The lowest BCUT2D eigenvalue weighted by atomic mass is 10.2. The van der Waals surface area contributed by atoms with Crippen molar-refractivity contribution >= 4 is 48.9 Å². The van der Waals surface area contributed by atoms with Crippen LogP contribution in [0.4, 0.5) is 0 Å². The van der Waals surface area contributed by atoms with E-state index in [2.05, 4.69) is 0 Å². The molecule has 112 valence electrons. The number of esters is 1. The SMILES string of the molecule is CCCCCOC(=O)c1cc(S(=O)(=O)Cl)cc(Cl)c1Cl.